The van der Waals surface area contributed by atoms with E-state index in [1.807, 2.05) is 24.3 Å². The molecule has 2 aromatic rings. The summed E-state index contributed by atoms with van der Waals surface area (Å²) in [5.41, 5.74) is 4.33. The number of nitrogens with one attached hydrogen (secondary N) is 1. The Morgan fingerprint density at radius 2 is 1.36 bits per heavy atom. The molecule has 0 spiro atoms. The third kappa shape index (κ3) is 4.84. The van der Waals surface area contributed by atoms with Gasteiger partial charge < -0.3 is 19.9 Å². The van der Waals surface area contributed by atoms with Gasteiger partial charge in [-0.25, -0.2) is 0 Å². The summed E-state index contributed by atoms with van der Waals surface area (Å²) in [6, 6.07) is 16.5. The van der Waals surface area contributed by atoms with Crippen molar-refractivity contribution in [1.82, 2.24) is 0 Å². The van der Waals surface area contributed by atoms with Crippen molar-refractivity contribution in [2.75, 3.05) is 54.5 Å². The van der Waals surface area contributed by atoms with Gasteiger partial charge in [0.15, 0.2) is 0 Å². The Balaban J connectivity index is 1.30. The van der Waals surface area contributed by atoms with Gasteiger partial charge in [0.2, 0.25) is 5.91 Å². The van der Waals surface area contributed by atoms with E-state index < -0.39 is 0 Å². The quantitative estimate of drug-likeness (QED) is 0.861. The number of nitrogens with zero attached hydrogens (tertiary/aromatic N) is 2. The molecule has 2 saturated heterocycles. The van der Waals surface area contributed by atoms with Gasteiger partial charge in [0.25, 0.3) is 0 Å². The van der Waals surface area contributed by atoms with Gasteiger partial charge in [-0.2, -0.15) is 0 Å². The number of piperidine rings is 1. The number of hydrogen-bond acceptors (Lipinski definition) is 4. The maximum absolute atomic E-state index is 12.4. The number of hydrogen-bond donors (Lipinski definition) is 1. The van der Waals surface area contributed by atoms with Crippen molar-refractivity contribution in [1.29, 1.82) is 0 Å². The third-order valence-corrected chi connectivity index (χ3v) is 5.55. The molecule has 28 heavy (non-hydrogen) atoms. The predicted octanol–water partition coefficient (Wildman–Crippen LogP) is 3.69. The minimum Gasteiger partial charge on any atom is -0.378 e. The highest BCUT2D eigenvalue weighted by molar-refractivity contribution is 5.92. The smallest absolute Gasteiger partial charge is 0.228 e. The summed E-state index contributed by atoms with van der Waals surface area (Å²) in [6.45, 7) is 5.67. The van der Waals surface area contributed by atoms with Gasteiger partial charge in [0.1, 0.15) is 0 Å². The average Bonchev–Trinajstić information content (AvgIpc) is 2.76. The van der Waals surface area contributed by atoms with Crippen LogP contribution in [0, 0.1) is 0 Å². The summed E-state index contributed by atoms with van der Waals surface area (Å²) in [5, 5.41) is 3.01. The number of ether oxygens (including phenoxy) is 1. The van der Waals surface area contributed by atoms with Crippen molar-refractivity contribution in [2.24, 2.45) is 0 Å². The fraction of sp³-hybridized carbons (Fsp3) is 0.435. The van der Waals surface area contributed by atoms with E-state index in [1.54, 1.807) is 0 Å². The van der Waals surface area contributed by atoms with Crippen molar-refractivity contribution in [2.45, 2.75) is 25.7 Å². The van der Waals surface area contributed by atoms with Gasteiger partial charge in [-0.15, -0.1) is 0 Å². The second-order valence-electron chi connectivity index (χ2n) is 7.59. The van der Waals surface area contributed by atoms with E-state index in [2.05, 4.69) is 39.4 Å². The van der Waals surface area contributed by atoms with Crippen LogP contribution in [0.3, 0.4) is 0 Å². The van der Waals surface area contributed by atoms with Gasteiger partial charge >= 0.3 is 0 Å². The van der Waals surface area contributed by atoms with Gasteiger partial charge in [0.05, 0.1) is 19.6 Å². The van der Waals surface area contributed by atoms with Crippen LogP contribution in [0.2, 0.25) is 0 Å². The first-order valence-corrected chi connectivity index (χ1v) is 10.3. The van der Waals surface area contributed by atoms with Crippen LogP contribution in [-0.2, 0) is 16.0 Å². The SMILES string of the molecule is O=C(Cc1ccc(N2CCOCC2)cc1)Nc1ccc(N2CCCCC2)cc1. The van der Waals surface area contributed by atoms with E-state index in [4.69, 9.17) is 4.74 Å². The number of benzene rings is 2. The molecule has 0 aliphatic carbocycles. The van der Waals surface area contributed by atoms with Crippen molar-refractivity contribution in [3.8, 4) is 0 Å². The zero-order valence-electron chi connectivity index (χ0n) is 16.4. The zero-order chi connectivity index (χ0) is 19.2. The topological polar surface area (TPSA) is 44.8 Å². The number of carbonyl (C=O) groups is 1. The molecule has 2 fully saturated rings. The first-order valence-electron chi connectivity index (χ1n) is 10.3. The summed E-state index contributed by atoms with van der Waals surface area (Å²) in [6.07, 6.45) is 4.25. The molecule has 0 aromatic heterocycles. The monoisotopic (exact) mass is 379 g/mol. The van der Waals surface area contributed by atoms with E-state index in [9.17, 15) is 4.79 Å². The van der Waals surface area contributed by atoms with Crippen LogP contribution in [0.5, 0.6) is 0 Å². The van der Waals surface area contributed by atoms with Crippen LogP contribution >= 0.6 is 0 Å². The predicted molar refractivity (Wildman–Crippen MR) is 114 cm³/mol. The second-order valence-corrected chi connectivity index (χ2v) is 7.59. The van der Waals surface area contributed by atoms with Gasteiger partial charge in [-0.05, 0) is 61.2 Å². The van der Waals surface area contributed by atoms with Gasteiger partial charge in [-0.3, -0.25) is 4.79 Å². The van der Waals surface area contributed by atoms with E-state index in [0.717, 1.165) is 50.6 Å². The van der Waals surface area contributed by atoms with Crippen molar-refractivity contribution >= 4 is 23.0 Å². The Kier molecular flexibility index (Phi) is 6.12. The van der Waals surface area contributed by atoms with Crippen LogP contribution < -0.4 is 15.1 Å². The van der Waals surface area contributed by atoms with E-state index in [-0.39, 0.29) is 5.91 Å². The highest BCUT2D eigenvalue weighted by Crippen LogP contribution is 2.22. The second kappa shape index (κ2) is 9.11. The molecule has 148 valence electrons. The summed E-state index contributed by atoms with van der Waals surface area (Å²) in [4.78, 5) is 17.1. The number of anilines is 3. The largest absolute Gasteiger partial charge is 0.378 e. The highest BCUT2D eigenvalue weighted by Gasteiger charge is 2.13. The molecule has 2 heterocycles. The van der Waals surface area contributed by atoms with Crippen LogP contribution in [-0.4, -0.2) is 45.3 Å². The minimum atomic E-state index is 0.0184. The standard InChI is InChI=1S/C23H29N3O2/c27-23(18-19-4-8-21(9-5-19)26-14-16-28-17-15-26)24-20-6-10-22(11-7-20)25-12-2-1-3-13-25/h4-11H,1-3,12-18H2,(H,24,27). The fourth-order valence-electron chi connectivity index (χ4n) is 3.94. The van der Waals surface area contributed by atoms with Crippen LogP contribution in [0.1, 0.15) is 24.8 Å². The molecular formula is C23H29N3O2. The summed E-state index contributed by atoms with van der Waals surface area (Å²) in [5.74, 6) is 0.0184. The molecule has 1 amide bonds. The van der Waals surface area contributed by atoms with Crippen LogP contribution in [0.15, 0.2) is 48.5 Å². The Morgan fingerprint density at radius 3 is 2.00 bits per heavy atom. The minimum absolute atomic E-state index is 0.0184. The molecule has 2 aliphatic rings. The lowest BCUT2D eigenvalue weighted by Crippen LogP contribution is -2.36. The molecule has 1 N–H and O–H groups in total. The normalized spacial score (nSPS) is 17.4. The molecule has 5 nitrogen and oxygen atoms in total. The van der Waals surface area contributed by atoms with Crippen molar-refractivity contribution < 1.29 is 9.53 Å². The molecule has 0 bridgehead atoms. The molecule has 2 aliphatic heterocycles. The van der Waals surface area contributed by atoms with Crippen LogP contribution in [0.25, 0.3) is 0 Å². The first kappa shape index (κ1) is 18.8. The lowest BCUT2D eigenvalue weighted by atomic mass is 10.1. The number of carbonyl (C=O) groups excluding carboxylic acids is 1. The molecule has 5 heteroatoms. The number of amides is 1. The zero-order valence-corrected chi connectivity index (χ0v) is 16.4. The Hall–Kier alpha value is -2.53. The Bertz CT molecular complexity index is 696. The van der Waals surface area contributed by atoms with E-state index in [1.165, 1.54) is 30.6 Å². The molecular weight excluding hydrogens is 350 g/mol. The van der Waals surface area contributed by atoms with E-state index in [0.29, 0.717) is 6.42 Å². The molecule has 2 aromatic carbocycles. The maximum atomic E-state index is 12.4. The molecule has 0 saturated carbocycles. The van der Waals surface area contributed by atoms with Crippen molar-refractivity contribution in [3.05, 3.63) is 54.1 Å². The molecule has 0 radical (unpaired) electrons. The highest BCUT2D eigenvalue weighted by atomic mass is 16.5. The molecule has 4 rings (SSSR count). The first-order chi connectivity index (χ1) is 13.8. The van der Waals surface area contributed by atoms with E-state index >= 15 is 0 Å². The molecule has 0 unspecified atom stereocenters. The number of morpholine rings is 1. The van der Waals surface area contributed by atoms with Crippen molar-refractivity contribution in [3.63, 3.8) is 0 Å². The Morgan fingerprint density at radius 1 is 0.786 bits per heavy atom. The summed E-state index contributed by atoms with van der Waals surface area (Å²) in [7, 11) is 0. The maximum Gasteiger partial charge on any atom is 0.228 e. The Labute approximate surface area is 167 Å². The fourth-order valence-corrected chi connectivity index (χ4v) is 3.94. The lowest BCUT2D eigenvalue weighted by molar-refractivity contribution is -0.115. The third-order valence-electron chi connectivity index (χ3n) is 5.55. The molecule has 0 atom stereocenters. The lowest BCUT2D eigenvalue weighted by Gasteiger charge is -2.29. The van der Waals surface area contributed by atoms with Gasteiger partial charge in [0, 0.05) is 43.2 Å². The summed E-state index contributed by atoms with van der Waals surface area (Å²) < 4.78 is 5.40. The number of rotatable bonds is 5. The van der Waals surface area contributed by atoms with Gasteiger partial charge in [-0.1, -0.05) is 12.1 Å². The summed E-state index contributed by atoms with van der Waals surface area (Å²) >= 11 is 0. The average molecular weight is 380 g/mol. The van der Waals surface area contributed by atoms with Crippen LogP contribution in [0.4, 0.5) is 17.1 Å².